The number of carbonyl (C=O) groups excluding carboxylic acids is 1. The van der Waals surface area contributed by atoms with Gasteiger partial charge in [-0.3, -0.25) is 4.79 Å². The minimum atomic E-state index is -0.598. The van der Waals surface area contributed by atoms with Gasteiger partial charge in [-0.2, -0.15) is 0 Å². The van der Waals surface area contributed by atoms with E-state index in [1.807, 2.05) is 12.1 Å². The molecule has 1 amide bonds. The van der Waals surface area contributed by atoms with E-state index in [-0.39, 0.29) is 17.6 Å². The summed E-state index contributed by atoms with van der Waals surface area (Å²) in [5.41, 5.74) is 1.72. The van der Waals surface area contributed by atoms with Gasteiger partial charge in [0, 0.05) is 17.1 Å². The maximum Gasteiger partial charge on any atom is 0.271 e. The summed E-state index contributed by atoms with van der Waals surface area (Å²) in [6.45, 7) is 2.56. The molecule has 2 atom stereocenters. The van der Waals surface area contributed by atoms with Gasteiger partial charge >= 0.3 is 0 Å². The molecule has 4 rings (SSSR count). The summed E-state index contributed by atoms with van der Waals surface area (Å²) >= 11 is 6.01. The lowest BCUT2D eigenvalue weighted by atomic mass is 10.1. The van der Waals surface area contributed by atoms with Crippen molar-refractivity contribution in [2.45, 2.75) is 44.8 Å². The van der Waals surface area contributed by atoms with E-state index in [4.69, 9.17) is 11.6 Å². The summed E-state index contributed by atoms with van der Waals surface area (Å²) in [5.74, 6) is 1.38. The van der Waals surface area contributed by atoms with Crippen LogP contribution >= 0.6 is 11.6 Å². The molecule has 28 heavy (non-hydrogen) atoms. The van der Waals surface area contributed by atoms with E-state index in [2.05, 4.69) is 20.6 Å². The van der Waals surface area contributed by atoms with Gasteiger partial charge in [0.25, 0.3) is 5.91 Å². The van der Waals surface area contributed by atoms with E-state index in [1.165, 1.54) is 19.0 Å². The molecule has 7 heteroatoms. The Bertz CT molecular complexity index is 846. The fourth-order valence-corrected chi connectivity index (χ4v) is 3.44. The molecule has 0 radical (unpaired) electrons. The Kier molecular flexibility index (Phi) is 5.51. The number of hydrogen-bond acceptors (Lipinski definition) is 5. The highest BCUT2D eigenvalue weighted by Gasteiger charge is 2.35. The maximum absolute atomic E-state index is 12.8. The van der Waals surface area contributed by atoms with Gasteiger partial charge in [0.2, 0.25) is 0 Å². The van der Waals surface area contributed by atoms with Gasteiger partial charge in [-0.05, 0) is 56.6 Å². The number of aliphatic hydroxyl groups is 1. The topological polar surface area (TPSA) is 87.1 Å². The van der Waals surface area contributed by atoms with Crippen molar-refractivity contribution in [2.24, 2.45) is 11.8 Å². The first-order valence-corrected chi connectivity index (χ1v) is 10.2. The highest BCUT2D eigenvalue weighted by molar-refractivity contribution is 6.30. The molecule has 2 fully saturated rings. The number of rotatable bonds is 8. The van der Waals surface area contributed by atoms with Crippen LogP contribution in [0.3, 0.4) is 0 Å². The van der Waals surface area contributed by atoms with E-state index >= 15 is 0 Å². The number of benzene rings is 1. The number of nitrogens with zero attached hydrogens (tertiary/aromatic N) is 2. The Hall–Kier alpha value is -2.18. The van der Waals surface area contributed by atoms with Crippen LogP contribution in [0.25, 0.3) is 11.3 Å². The third kappa shape index (κ3) is 4.62. The number of anilines is 1. The molecule has 1 heterocycles. The normalized spacial score (nSPS) is 18.4. The van der Waals surface area contributed by atoms with Crippen LogP contribution in [-0.2, 0) is 0 Å². The zero-order valence-electron chi connectivity index (χ0n) is 15.9. The second kappa shape index (κ2) is 8.05. The molecule has 6 nitrogen and oxygen atoms in total. The van der Waals surface area contributed by atoms with Crippen LogP contribution < -0.4 is 10.6 Å². The molecule has 2 aliphatic rings. The van der Waals surface area contributed by atoms with Crippen LogP contribution in [0.4, 0.5) is 5.82 Å². The number of nitrogens with one attached hydrogen (secondary N) is 2. The van der Waals surface area contributed by atoms with Crippen LogP contribution in [0.2, 0.25) is 5.02 Å². The lowest BCUT2D eigenvalue weighted by Crippen LogP contribution is -2.44. The minimum Gasteiger partial charge on any atom is -0.391 e. The van der Waals surface area contributed by atoms with Crippen molar-refractivity contribution in [3.05, 3.63) is 41.2 Å². The fourth-order valence-electron chi connectivity index (χ4n) is 3.31. The largest absolute Gasteiger partial charge is 0.391 e. The molecule has 148 valence electrons. The van der Waals surface area contributed by atoms with E-state index < -0.39 is 6.10 Å². The minimum absolute atomic E-state index is 0.244. The second-order valence-corrected chi connectivity index (χ2v) is 8.30. The van der Waals surface area contributed by atoms with Gasteiger partial charge in [-0.1, -0.05) is 23.7 Å². The SMILES string of the molecule is C[C@@H](O)C(NC(=O)c1cnc(NCC2CC2)c(-c2ccc(Cl)cc2)n1)C1CC1. The molecular formula is C21H25ClN4O2. The number of aliphatic hydroxyl groups excluding tert-OH is 1. The number of aromatic nitrogens is 2. The molecule has 0 aliphatic heterocycles. The maximum atomic E-state index is 12.8. The van der Waals surface area contributed by atoms with Crippen molar-refractivity contribution < 1.29 is 9.90 Å². The number of halogens is 1. The van der Waals surface area contributed by atoms with E-state index in [9.17, 15) is 9.90 Å². The van der Waals surface area contributed by atoms with Crippen LogP contribution in [0.1, 0.15) is 43.1 Å². The predicted octanol–water partition coefficient (Wildman–Crippen LogP) is 3.51. The van der Waals surface area contributed by atoms with Gasteiger partial charge in [-0.25, -0.2) is 9.97 Å². The number of hydrogen-bond donors (Lipinski definition) is 3. The van der Waals surface area contributed by atoms with Gasteiger partial charge in [0.05, 0.1) is 18.3 Å². The molecule has 0 bridgehead atoms. The summed E-state index contributed by atoms with van der Waals surface area (Å²) < 4.78 is 0. The molecule has 0 spiro atoms. The van der Waals surface area contributed by atoms with Crippen molar-refractivity contribution in [3.63, 3.8) is 0 Å². The summed E-state index contributed by atoms with van der Waals surface area (Å²) in [7, 11) is 0. The van der Waals surface area contributed by atoms with Crippen LogP contribution in [0, 0.1) is 11.8 Å². The fraction of sp³-hybridized carbons (Fsp3) is 0.476. The monoisotopic (exact) mass is 400 g/mol. The first kappa shape index (κ1) is 19.2. The van der Waals surface area contributed by atoms with Crippen molar-refractivity contribution in [1.29, 1.82) is 0 Å². The van der Waals surface area contributed by atoms with Crippen LogP contribution in [0.5, 0.6) is 0 Å². The van der Waals surface area contributed by atoms with Crippen molar-refractivity contribution >= 4 is 23.3 Å². The summed E-state index contributed by atoms with van der Waals surface area (Å²) in [4.78, 5) is 21.8. The standard InChI is InChI=1S/C21H25ClN4O2/c1-12(27)18(14-4-5-14)26-21(28)17-11-24-20(23-10-13-2-3-13)19(25-17)15-6-8-16(22)9-7-15/h6-9,11-14,18,27H,2-5,10H2,1H3,(H,23,24)(H,26,28)/t12-,18?/m1/s1. The summed E-state index contributed by atoms with van der Waals surface area (Å²) in [6.07, 6.45) is 5.43. The number of amides is 1. The van der Waals surface area contributed by atoms with E-state index in [0.717, 1.165) is 24.9 Å². The average Bonchev–Trinajstić information content (AvgIpc) is 3.59. The molecule has 1 aromatic carbocycles. The van der Waals surface area contributed by atoms with Gasteiger partial charge < -0.3 is 15.7 Å². The predicted molar refractivity (Wildman–Crippen MR) is 109 cm³/mol. The third-order valence-corrected chi connectivity index (χ3v) is 5.58. The Labute approximate surface area is 169 Å². The van der Waals surface area contributed by atoms with Gasteiger partial charge in [0.1, 0.15) is 11.4 Å². The molecule has 2 aliphatic carbocycles. The second-order valence-electron chi connectivity index (χ2n) is 7.86. The van der Waals surface area contributed by atoms with Crippen LogP contribution in [-0.4, -0.2) is 39.7 Å². The zero-order valence-corrected chi connectivity index (χ0v) is 16.6. The molecule has 0 saturated heterocycles. The summed E-state index contributed by atoms with van der Waals surface area (Å²) in [6, 6.07) is 7.10. The zero-order chi connectivity index (χ0) is 19.7. The Morgan fingerprint density at radius 2 is 1.96 bits per heavy atom. The van der Waals surface area contributed by atoms with Crippen molar-refractivity contribution in [3.8, 4) is 11.3 Å². The quantitative estimate of drug-likeness (QED) is 0.631. The number of carbonyl (C=O) groups is 1. The Balaban J connectivity index is 1.59. The first-order valence-electron chi connectivity index (χ1n) is 9.87. The average molecular weight is 401 g/mol. The Morgan fingerprint density at radius 3 is 2.57 bits per heavy atom. The van der Waals surface area contributed by atoms with E-state index in [1.54, 1.807) is 19.1 Å². The van der Waals surface area contributed by atoms with Crippen LogP contribution in [0.15, 0.2) is 30.5 Å². The molecule has 2 aromatic rings. The lowest BCUT2D eigenvalue weighted by molar-refractivity contribution is 0.0831. The van der Waals surface area contributed by atoms with Gasteiger partial charge in [0.15, 0.2) is 5.82 Å². The third-order valence-electron chi connectivity index (χ3n) is 5.33. The lowest BCUT2D eigenvalue weighted by Gasteiger charge is -2.21. The highest BCUT2D eigenvalue weighted by Crippen LogP contribution is 2.34. The smallest absolute Gasteiger partial charge is 0.271 e. The van der Waals surface area contributed by atoms with Crippen molar-refractivity contribution in [1.82, 2.24) is 15.3 Å². The highest BCUT2D eigenvalue weighted by atomic mass is 35.5. The molecular weight excluding hydrogens is 376 g/mol. The molecule has 3 N–H and O–H groups in total. The van der Waals surface area contributed by atoms with E-state index in [0.29, 0.717) is 28.4 Å². The van der Waals surface area contributed by atoms with Crippen molar-refractivity contribution in [2.75, 3.05) is 11.9 Å². The summed E-state index contributed by atoms with van der Waals surface area (Å²) in [5, 5.41) is 16.9. The first-order chi connectivity index (χ1) is 13.5. The van der Waals surface area contributed by atoms with Gasteiger partial charge in [-0.15, -0.1) is 0 Å². The molecule has 1 aromatic heterocycles. The molecule has 1 unspecified atom stereocenters. The Morgan fingerprint density at radius 1 is 1.25 bits per heavy atom. The molecule has 2 saturated carbocycles.